The number of carbonyl (C=O) groups excluding carboxylic acids is 3. The molecule has 1 aromatic heterocycles. The second kappa shape index (κ2) is 8.86. The van der Waals surface area contributed by atoms with Crippen LogP contribution in [0.1, 0.15) is 64.0 Å². The first kappa shape index (κ1) is 20.7. The van der Waals surface area contributed by atoms with Crippen LogP contribution in [0.25, 0.3) is 0 Å². The lowest BCUT2D eigenvalue weighted by Crippen LogP contribution is -2.30. The molecule has 1 amide bonds. The van der Waals surface area contributed by atoms with Crippen molar-refractivity contribution in [2.45, 2.75) is 39.7 Å². The molecule has 0 radical (unpaired) electrons. The van der Waals surface area contributed by atoms with Crippen LogP contribution >= 0.6 is 11.6 Å². The van der Waals surface area contributed by atoms with E-state index in [2.05, 4.69) is 10.3 Å². The first-order valence-corrected chi connectivity index (χ1v) is 9.01. The molecule has 2 aromatic rings. The number of ether oxygens (including phenoxy) is 1. The number of rotatable bonds is 7. The predicted molar refractivity (Wildman–Crippen MR) is 103 cm³/mol. The van der Waals surface area contributed by atoms with E-state index in [4.69, 9.17) is 16.3 Å². The lowest BCUT2D eigenvalue weighted by Gasteiger charge is -2.18. The number of ketones is 1. The molecule has 0 aliphatic heterocycles. The predicted octanol–water partition coefficient (Wildman–Crippen LogP) is 3.78. The third-order valence-corrected chi connectivity index (χ3v) is 4.64. The van der Waals surface area contributed by atoms with E-state index in [0.717, 1.165) is 5.56 Å². The molecule has 7 heteroatoms. The summed E-state index contributed by atoms with van der Waals surface area (Å²) in [6.07, 6.45) is 0.605. The number of benzene rings is 1. The van der Waals surface area contributed by atoms with E-state index in [1.165, 1.54) is 14.0 Å². The number of carbonyl (C=O) groups is 3. The summed E-state index contributed by atoms with van der Waals surface area (Å²) in [6.45, 7) is 5.01. The lowest BCUT2D eigenvalue weighted by molar-refractivity contribution is -0.121. The highest BCUT2D eigenvalue weighted by molar-refractivity contribution is 6.30. The van der Waals surface area contributed by atoms with E-state index in [9.17, 15) is 14.4 Å². The second-order valence-electron chi connectivity index (χ2n) is 6.29. The maximum Gasteiger partial charge on any atom is 0.339 e. The normalized spacial score (nSPS) is 11.7. The van der Waals surface area contributed by atoms with Gasteiger partial charge in [-0.25, -0.2) is 4.79 Å². The molecular formula is C20H23ClN2O4. The summed E-state index contributed by atoms with van der Waals surface area (Å²) >= 11 is 6.03. The lowest BCUT2D eigenvalue weighted by atomic mass is 10.0. The van der Waals surface area contributed by atoms with Gasteiger partial charge in [-0.15, -0.1) is 0 Å². The highest BCUT2D eigenvalue weighted by Crippen LogP contribution is 2.23. The Bertz CT molecular complexity index is 873. The van der Waals surface area contributed by atoms with Crippen LogP contribution < -0.4 is 5.32 Å². The van der Waals surface area contributed by atoms with E-state index < -0.39 is 5.97 Å². The topological polar surface area (TPSA) is 88.3 Å². The van der Waals surface area contributed by atoms with E-state index in [-0.39, 0.29) is 29.7 Å². The van der Waals surface area contributed by atoms with Crippen molar-refractivity contribution >= 4 is 29.3 Å². The molecule has 0 spiro atoms. The van der Waals surface area contributed by atoms with Crippen molar-refractivity contribution in [3.8, 4) is 0 Å². The van der Waals surface area contributed by atoms with Gasteiger partial charge in [0.25, 0.3) is 0 Å². The van der Waals surface area contributed by atoms with Gasteiger partial charge in [-0.3, -0.25) is 9.59 Å². The van der Waals surface area contributed by atoms with Crippen molar-refractivity contribution < 1.29 is 19.1 Å². The maximum atomic E-state index is 12.6. The van der Waals surface area contributed by atoms with Crippen LogP contribution in [0.4, 0.5) is 0 Å². The Kier molecular flexibility index (Phi) is 6.80. The fraction of sp³-hybridized carbons (Fsp3) is 0.350. The van der Waals surface area contributed by atoms with Crippen LogP contribution in [-0.2, 0) is 16.0 Å². The molecule has 1 atom stereocenters. The summed E-state index contributed by atoms with van der Waals surface area (Å²) in [6, 6.07) is 7.10. The number of H-pyrrole nitrogens is 1. The number of hydrogen-bond donors (Lipinski definition) is 2. The maximum absolute atomic E-state index is 12.6. The highest BCUT2D eigenvalue weighted by atomic mass is 35.5. The number of halogens is 1. The Hall–Kier alpha value is -2.60. The molecule has 0 aliphatic rings. The molecule has 1 aromatic carbocycles. The molecule has 1 heterocycles. The monoisotopic (exact) mass is 390 g/mol. The molecule has 2 N–H and O–H groups in total. The average molecular weight is 391 g/mol. The first-order valence-electron chi connectivity index (χ1n) is 8.63. The standard InChI is InChI=1S/C20H23ClN2O4/c1-5-15(13-7-6-8-14(21)9-13)22-17(25)10-16-18(20(26)27-4)11(2)19(23-16)12(3)24/h6-9,15,23H,5,10H2,1-4H3,(H,22,25). The Morgan fingerprint density at radius 1 is 1.30 bits per heavy atom. The minimum atomic E-state index is -0.582. The molecule has 0 saturated carbocycles. The average Bonchev–Trinajstić information content (AvgIpc) is 2.95. The highest BCUT2D eigenvalue weighted by Gasteiger charge is 2.25. The van der Waals surface area contributed by atoms with Crippen LogP contribution in [-0.4, -0.2) is 29.8 Å². The molecule has 144 valence electrons. The molecule has 6 nitrogen and oxygen atoms in total. The second-order valence-corrected chi connectivity index (χ2v) is 6.72. The van der Waals surface area contributed by atoms with Gasteiger partial charge in [-0.1, -0.05) is 30.7 Å². The Labute approximate surface area is 163 Å². The van der Waals surface area contributed by atoms with Crippen molar-refractivity contribution in [3.05, 3.63) is 57.4 Å². The number of amides is 1. The van der Waals surface area contributed by atoms with Crippen LogP contribution in [0.3, 0.4) is 0 Å². The zero-order valence-corrected chi connectivity index (χ0v) is 16.6. The summed E-state index contributed by atoms with van der Waals surface area (Å²) in [5.74, 6) is -1.07. The number of esters is 1. The molecule has 0 bridgehead atoms. The smallest absolute Gasteiger partial charge is 0.339 e. The van der Waals surface area contributed by atoms with Crippen LogP contribution in [0.5, 0.6) is 0 Å². The van der Waals surface area contributed by atoms with E-state index in [1.54, 1.807) is 13.0 Å². The first-order chi connectivity index (χ1) is 12.8. The number of nitrogens with one attached hydrogen (secondary N) is 2. The van der Waals surface area contributed by atoms with Crippen LogP contribution in [0.2, 0.25) is 5.02 Å². The quantitative estimate of drug-likeness (QED) is 0.556. The minimum absolute atomic E-state index is 0.0738. The molecule has 27 heavy (non-hydrogen) atoms. The molecule has 0 saturated heterocycles. The third-order valence-electron chi connectivity index (χ3n) is 4.40. The van der Waals surface area contributed by atoms with Gasteiger partial charge in [0.05, 0.1) is 30.8 Å². The Morgan fingerprint density at radius 3 is 2.56 bits per heavy atom. The third kappa shape index (κ3) is 4.77. The number of Topliss-reactive ketones (excluding diaryl/α,β-unsaturated/α-hetero) is 1. The SMILES string of the molecule is CCC(NC(=O)Cc1[nH]c(C(C)=O)c(C)c1C(=O)OC)c1cccc(Cl)c1. The van der Waals surface area contributed by atoms with Gasteiger partial charge in [0.1, 0.15) is 0 Å². The van der Waals surface area contributed by atoms with Crippen molar-refractivity contribution in [1.82, 2.24) is 10.3 Å². The zero-order valence-electron chi connectivity index (χ0n) is 15.8. The summed E-state index contributed by atoms with van der Waals surface area (Å²) in [5, 5.41) is 3.54. The van der Waals surface area contributed by atoms with Crippen LogP contribution in [0.15, 0.2) is 24.3 Å². The molecule has 1 unspecified atom stereocenters. The number of aromatic nitrogens is 1. The van der Waals surface area contributed by atoms with Gasteiger partial charge in [-0.05, 0) is 36.6 Å². The van der Waals surface area contributed by atoms with Crippen molar-refractivity contribution in [3.63, 3.8) is 0 Å². The number of hydrogen-bond acceptors (Lipinski definition) is 4. The van der Waals surface area contributed by atoms with Gasteiger partial charge >= 0.3 is 5.97 Å². The summed E-state index contributed by atoms with van der Waals surface area (Å²) in [7, 11) is 1.26. The minimum Gasteiger partial charge on any atom is -0.465 e. The number of methoxy groups -OCH3 is 1. The molecular weight excluding hydrogens is 368 g/mol. The van der Waals surface area contributed by atoms with Gasteiger partial charge in [0.2, 0.25) is 5.91 Å². The van der Waals surface area contributed by atoms with Crippen molar-refractivity contribution in [1.29, 1.82) is 0 Å². The molecule has 0 fully saturated rings. The van der Waals surface area contributed by atoms with Crippen molar-refractivity contribution in [2.75, 3.05) is 7.11 Å². The summed E-state index contributed by atoms with van der Waals surface area (Å²) in [5.41, 5.74) is 2.29. The van der Waals surface area contributed by atoms with Gasteiger partial charge in [-0.2, -0.15) is 0 Å². The largest absolute Gasteiger partial charge is 0.465 e. The number of aromatic amines is 1. The zero-order chi connectivity index (χ0) is 20.1. The van der Waals surface area contributed by atoms with Gasteiger partial charge in [0.15, 0.2) is 5.78 Å². The van der Waals surface area contributed by atoms with E-state index >= 15 is 0 Å². The van der Waals surface area contributed by atoms with E-state index in [0.29, 0.717) is 28.4 Å². The fourth-order valence-corrected chi connectivity index (χ4v) is 3.27. The Morgan fingerprint density at radius 2 is 2.00 bits per heavy atom. The van der Waals surface area contributed by atoms with Gasteiger partial charge in [0, 0.05) is 17.6 Å². The fourth-order valence-electron chi connectivity index (χ4n) is 3.07. The molecule has 2 rings (SSSR count). The summed E-state index contributed by atoms with van der Waals surface area (Å²) in [4.78, 5) is 39.4. The van der Waals surface area contributed by atoms with Gasteiger partial charge < -0.3 is 15.0 Å². The Balaban J connectivity index is 2.25. The summed E-state index contributed by atoms with van der Waals surface area (Å²) < 4.78 is 4.80. The van der Waals surface area contributed by atoms with E-state index in [1.807, 2.05) is 25.1 Å². The molecule has 0 aliphatic carbocycles. The van der Waals surface area contributed by atoms with Crippen LogP contribution in [0, 0.1) is 6.92 Å². The van der Waals surface area contributed by atoms with Crippen molar-refractivity contribution in [2.24, 2.45) is 0 Å².